The second-order valence-electron chi connectivity index (χ2n) is 5.62. The molecule has 1 unspecified atom stereocenters. The maximum Gasteiger partial charge on any atom is 0.240 e. The first kappa shape index (κ1) is 14.8. The number of rotatable bonds is 5. The van der Waals surface area contributed by atoms with Crippen molar-refractivity contribution >= 4 is 12.4 Å². The fourth-order valence-electron chi connectivity index (χ4n) is 2.78. The molecule has 0 spiro atoms. The van der Waals surface area contributed by atoms with Gasteiger partial charge in [0.15, 0.2) is 5.82 Å². The van der Waals surface area contributed by atoms with E-state index in [2.05, 4.69) is 20.4 Å². The molecule has 1 N–H and O–H groups in total. The van der Waals surface area contributed by atoms with Gasteiger partial charge in [-0.2, -0.15) is 4.98 Å². The maximum atomic E-state index is 5.35. The van der Waals surface area contributed by atoms with Crippen molar-refractivity contribution in [2.45, 2.75) is 38.1 Å². The number of hydrogen-bond donors (Lipinski definition) is 1. The van der Waals surface area contributed by atoms with Crippen molar-refractivity contribution < 1.29 is 4.52 Å². The van der Waals surface area contributed by atoms with Crippen LogP contribution in [0.15, 0.2) is 4.52 Å². The molecule has 1 atom stereocenters. The lowest BCUT2D eigenvalue weighted by atomic mass is 9.98. The third kappa shape index (κ3) is 3.91. The molecule has 1 aliphatic carbocycles. The molecule has 1 saturated heterocycles. The monoisotopic (exact) mass is 286 g/mol. The van der Waals surface area contributed by atoms with Crippen LogP contribution in [0.4, 0.5) is 0 Å². The summed E-state index contributed by atoms with van der Waals surface area (Å²) in [7, 11) is 2.03. The van der Waals surface area contributed by atoms with Gasteiger partial charge in [-0.1, -0.05) is 5.16 Å². The summed E-state index contributed by atoms with van der Waals surface area (Å²) in [5.74, 6) is 3.06. The van der Waals surface area contributed by atoms with Crippen LogP contribution in [0, 0.1) is 5.92 Å². The average Bonchev–Trinajstić information content (AvgIpc) is 3.12. The van der Waals surface area contributed by atoms with Crippen molar-refractivity contribution in [2.75, 3.05) is 26.7 Å². The highest BCUT2D eigenvalue weighted by molar-refractivity contribution is 5.85. The molecule has 0 amide bonds. The number of halogens is 1. The molecule has 1 saturated carbocycles. The first-order chi connectivity index (χ1) is 8.85. The first-order valence-electron chi connectivity index (χ1n) is 7.04. The number of likely N-dealkylation sites (tertiary alicyclic amines) is 1. The predicted octanol–water partition coefficient (Wildman–Crippen LogP) is 1.80. The van der Waals surface area contributed by atoms with Crippen LogP contribution in [0.25, 0.3) is 0 Å². The van der Waals surface area contributed by atoms with Crippen molar-refractivity contribution in [1.29, 1.82) is 0 Å². The summed E-state index contributed by atoms with van der Waals surface area (Å²) in [6.07, 6.45) is 5.06. The zero-order chi connectivity index (χ0) is 12.4. The highest BCUT2D eigenvalue weighted by Crippen LogP contribution is 2.38. The van der Waals surface area contributed by atoms with E-state index in [-0.39, 0.29) is 12.4 Å². The fourth-order valence-corrected chi connectivity index (χ4v) is 2.78. The Labute approximate surface area is 120 Å². The van der Waals surface area contributed by atoms with Gasteiger partial charge in [0.25, 0.3) is 0 Å². The Morgan fingerprint density at radius 2 is 2.21 bits per heavy atom. The first-order valence-corrected chi connectivity index (χ1v) is 7.04. The molecule has 1 aromatic heterocycles. The van der Waals surface area contributed by atoms with Gasteiger partial charge in [-0.3, -0.25) is 4.90 Å². The standard InChI is InChI=1S/C13H22N4O.ClH/c1-14-7-10-3-2-6-17(8-10)9-12-15-13(16-18-12)11-4-5-11;/h10-11,14H,2-9H2,1H3;1H. The summed E-state index contributed by atoms with van der Waals surface area (Å²) in [5, 5.41) is 7.34. The minimum Gasteiger partial charge on any atom is -0.338 e. The molecule has 0 bridgehead atoms. The molecule has 5 nitrogen and oxygen atoms in total. The van der Waals surface area contributed by atoms with Gasteiger partial charge in [-0.15, -0.1) is 12.4 Å². The van der Waals surface area contributed by atoms with Gasteiger partial charge in [0.05, 0.1) is 6.54 Å². The van der Waals surface area contributed by atoms with E-state index < -0.39 is 0 Å². The minimum atomic E-state index is 0. The Morgan fingerprint density at radius 1 is 1.37 bits per heavy atom. The third-order valence-corrected chi connectivity index (χ3v) is 3.88. The van der Waals surface area contributed by atoms with Crippen LogP contribution in [0.1, 0.15) is 43.3 Å². The Hall–Kier alpha value is -0.650. The second kappa shape index (κ2) is 6.68. The van der Waals surface area contributed by atoms with Gasteiger partial charge in [-0.05, 0) is 51.7 Å². The molecule has 3 rings (SSSR count). The van der Waals surface area contributed by atoms with Crippen molar-refractivity contribution in [1.82, 2.24) is 20.4 Å². The van der Waals surface area contributed by atoms with E-state index in [4.69, 9.17) is 4.52 Å². The third-order valence-electron chi connectivity index (χ3n) is 3.88. The van der Waals surface area contributed by atoms with Crippen LogP contribution in [0.3, 0.4) is 0 Å². The van der Waals surface area contributed by atoms with Gasteiger partial charge < -0.3 is 9.84 Å². The van der Waals surface area contributed by atoms with Gasteiger partial charge >= 0.3 is 0 Å². The molecule has 0 aromatic carbocycles. The second-order valence-corrected chi connectivity index (χ2v) is 5.62. The molecule has 1 aliphatic heterocycles. The van der Waals surface area contributed by atoms with Crippen LogP contribution in [0.2, 0.25) is 0 Å². The maximum absolute atomic E-state index is 5.35. The van der Waals surface area contributed by atoms with Gasteiger partial charge in [0.2, 0.25) is 5.89 Å². The molecule has 2 fully saturated rings. The predicted molar refractivity (Wildman–Crippen MR) is 75.4 cm³/mol. The Kier molecular flexibility index (Phi) is 5.19. The topological polar surface area (TPSA) is 54.2 Å². The van der Waals surface area contributed by atoms with Crippen LogP contribution in [0.5, 0.6) is 0 Å². The van der Waals surface area contributed by atoms with Crippen molar-refractivity contribution in [2.24, 2.45) is 5.92 Å². The highest BCUT2D eigenvalue weighted by Gasteiger charge is 2.29. The number of nitrogens with zero attached hydrogens (tertiary/aromatic N) is 3. The lowest BCUT2D eigenvalue weighted by Gasteiger charge is -2.31. The lowest BCUT2D eigenvalue weighted by molar-refractivity contribution is 0.149. The van der Waals surface area contributed by atoms with Crippen molar-refractivity contribution in [3.63, 3.8) is 0 Å². The normalized spacial score (nSPS) is 24.2. The Balaban J connectivity index is 0.00000133. The number of piperidine rings is 1. The minimum absolute atomic E-state index is 0. The lowest BCUT2D eigenvalue weighted by Crippen LogP contribution is -2.38. The Morgan fingerprint density at radius 3 is 2.95 bits per heavy atom. The molecule has 19 heavy (non-hydrogen) atoms. The van der Waals surface area contributed by atoms with E-state index in [1.165, 1.54) is 25.7 Å². The van der Waals surface area contributed by atoms with Crippen molar-refractivity contribution in [3.8, 4) is 0 Å². The quantitative estimate of drug-likeness (QED) is 0.894. The van der Waals surface area contributed by atoms with Gasteiger partial charge in [-0.25, -0.2) is 0 Å². The SMILES string of the molecule is CNCC1CCCN(Cc2nc(C3CC3)no2)C1.Cl. The van der Waals surface area contributed by atoms with Gasteiger partial charge in [0, 0.05) is 12.5 Å². The van der Waals surface area contributed by atoms with Crippen LogP contribution < -0.4 is 5.32 Å². The summed E-state index contributed by atoms with van der Waals surface area (Å²) in [4.78, 5) is 6.94. The smallest absolute Gasteiger partial charge is 0.240 e. The van der Waals surface area contributed by atoms with Crippen LogP contribution in [-0.2, 0) is 6.54 Å². The summed E-state index contributed by atoms with van der Waals surface area (Å²) in [5.41, 5.74) is 0. The van der Waals surface area contributed by atoms with Gasteiger partial charge in [0.1, 0.15) is 0 Å². The van der Waals surface area contributed by atoms with E-state index in [9.17, 15) is 0 Å². The van der Waals surface area contributed by atoms with E-state index in [0.717, 1.165) is 43.8 Å². The molecule has 1 aromatic rings. The largest absolute Gasteiger partial charge is 0.338 e. The average molecular weight is 287 g/mol. The van der Waals surface area contributed by atoms with Crippen molar-refractivity contribution in [3.05, 3.63) is 11.7 Å². The summed E-state index contributed by atoms with van der Waals surface area (Å²) in [6.45, 7) is 4.22. The summed E-state index contributed by atoms with van der Waals surface area (Å²) >= 11 is 0. The summed E-state index contributed by atoms with van der Waals surface area (Å²) in [6, 6.07) is 0. The molecule has 6 heteroatoms. The molecule has 2 heterocycles. The van der Waals surface area contributed by atoms with E-state index in [1.54, 1.807) is 0 Å². The summed E-state index contributed by atoms with van der Waals surface area (Å²) < 4.78 is 5.35. The Bertz CT molecular complexity index is 392. The number of nitrogens with one attached hydrogen (secondary N) is 1. The molecular formula is C13H23ClN4O. The zero-order valence-electron chi connectivity index (χ0n) is 11.5. The number of hydrogen-bond acceptors (Lipinski definition) is 5. The van der Waals surface area contributed by atoms with E-state index in [1.807, 2.05) is 7.05 Å². The van der Waals surface area contributed by atoms with Crippen LogP contribution >= 0.6 is 12.4 Å². The zero-order valence-corrected chi connectivity index (χ0v) is 12.3. The van der Waals surface area contributed by atoms with E-state index in [0.29, 0.717) is 5.92 Å². The molecule has 2 aliphatic rings. The molecular weight excluding hydrogens is 264 g/mol. The fraction of sp³-hybridized carbons (Fsp3) is 0.846. The molecule has 0 radical (unpaired) electrons. The molecule has 108 valence electrons. The number of aromatic nitrogens is 2. The van der Waals surface area contributed by atoms with E-state index >= 15 is 0 Å². The highest BCUT2D eigenvalue weighted by atomic mass is 35.5. The van der Waals surface area contributed by atoms with Crippen LogP contribution in [-0.4, -0.2) is 41.7 Å².